The highest BCUT2D eigenvalue weighted by Crippen LogP contribution is 2.14. The standard InChI is InChI=1S/C10H9BrFN/c11-7-8-3-4-9(2-1-5-13)10(12)6-8/h3-4,6H,1-2,7H2. The van der Waals surface area contributed by atoms with Crippen molar-refractivity contribution in [2.75, 3.05) is 0 Å². The van der Waals surface area contributed by atoms with Crippen LogP contribution in [0.15, 0.2) is 18.2 Å². The average Bonchev–Trinajstić information content (AvgIpc) is 2.16. The molecule has 0 N–H and O–H groups in total. The number of aryl methyl sites for hydroxylation is 1. The van der Waals surface area contributed by atoms with Crippen LogP contribution in [0, 0.1) is 17.1 Å². The molecule has 0 unspecified atom stereocenters. The molecule has 1 rings (SSSR count). The topological polar surface area (TPSA) is 23.8 Å². The molecule has 0 bridgehead atoms. The van der Waals surface area contributed by atoms with Crippen molar-refractivity contribution in [2.24, 2.45) is 0 Å². The Kier molecular flexibility index (Phi) is 3.91. The minimum atomic E-state index is -0.216. The van der Waals surface area contributed by atoms with Crippen LogP contribution < -0.4 is 0 Å². The summed E-state index contributed by atoms with van der Waals surface area (Å²) >= 11 is 3.25. The largest absolute Gasteiger partial charge is 0.207 e. The van der Waals surface area contributed by atoms with Gasteiger partial charge in [0.2, 0.25) is 0 Å². The molecule has 0 aromatic heterocycles. The third kappa shape index (κ3) is 2.82. The number of halogens is 2. The zero-order valence-electron chi connectivity index (χ0n) is 7.06. The highest BCUT2D eigenvalue weighted by Gasteiger charge is 2.02. The van der Waals surface area contributed by atoms with E-state index in [1.54, 1.807) is 6.07 Å². The third-order valence-electron chi connectivity index (χ3n) is 1.78. The third-order valence-corrected chi connectivity index (χ3v) is 2.43. The average molecular weight is 242 g/mol. The second kappa shape index (κ2) is 4.98. The van der Waals surface area contributed by atoms with Crippen molar-refractivity contribution in [1.82, 2.24) is 0 Å². The fraction of sp³-hybridized carbons (Fsp3) is 0.300. The van der Waals surface area contributed by atoms with E-state index in [0.717, 1.165) is 5.56 Å². The smallest absolute Gasteiger partial charge is 0.126 e. The van der Waals surface area contributed by atoms with Gasteiger partial charge in [-0.3, -0.25) is 0 Å². The Morgan fingerprint density at radius 3 is 2.77 bits per heavy atom. The lowest BCUT2D eigenvalue weighted by atomic mass is 10.1. The molecule has 1 nitrogen and oxygen atoms in total. The maximum absolute atomic E-state index is 13.2. The van der Waals surface area contributed by atoms with Gasteiger partial charge in [0.05, 0.1) is 6.07 Å². The summed E-state index contributed by atoms with van der Waals surface area (Å²) in [5, 5.41) is 8.99. The molecule has 0 heterocycles. The van der Waals surface area contributed by atoms with E-state index in [4.69, 9.17) is 5.26 Å². The van der Waals surface area contributed by atoms with Crippen LogP contribution in [0.3, 0.4) is 0 Å². The molecule has 0 aliphatic heterocycles. The summed E-state index contributed by atoms with van der Waals surface area (Å²) in [6.07, 6.45) is 0.857. The van der Waals surface area contributed by atoms with Crippen molar-refractivity contribution in [1.29, 1.82) is 5.26 Å². The number of hydrogen-bond acceptors (Lipinski definition) is 1. The van der Waals surface area contributed by atoms with Gasteiger partial charge in [0.15, 0.2) is 0 Å². The number of alkyl halides is 1. The molecule has 0 aliphatic rings. The van der Waals surface area contributed by atoms with Crippen LogP contribution in [0.2, 0.25) is 0 Å². The van der Waals surface area contributed by atoms with Gasteiger partial charge in [-0.1, -0.05) is 28.1 Å². The highest BCUT2D eigenvalue weighted by molar-refractivity contribution is 9.08. The fourth-order valence-electron chi connectivity index (χ4n) is 1.07. The second-order valence-corrected chi connectivity index (χ2v) is 3.28. The quantitative estimate of drug-likeness (QED) is 0.746. The summed E-state index contributed by atoms with van der Waals surface area (Å²) < 4.78 is 13.2. The first-order chi connectivity index (χ1) is 6.27. The van der Waals surface area contributed by atoms with Gasteiger partial charge in [-0.2, -0.15) is 5.26 Å². The molecule has 0 saturated carbocycles. The van der Waals surface area contributed by atoms with Crippen molar-refractivity contribution in [3.05, 3.63) is 35.1 Å². The molecule has 13 heavy (non-hydrogen) atoms. The molecule has 3 heteroatoms. The lowest BCUT2D eigenvalue weighted by Gasteiger charge is -2.01. The van der Waals surface area contributed by atoms with E-state index in [-0.39, 0.29) is 5.82 Å². The number of rotatable bonds is 3. The van der Waals surface area contributed by atoms with Crippen LogP contribution in [0.5, 0.6) is 0 Å². The minimum Gasteiger partial charge on any atom is -0.207 e. The Balaban J connectivity index is 2.80. The van der Waals surface area contributed by atoms with Crippen molar-refractivity contribution in [3.63, 3.8) is 0 Å². The first kappa shape index (κ1) is 10.2. The van der Waals surface area contributed by atoms with Crippen LogP contribution in [0.1, 0.15) is 17.5 Å². The first-order valence-corrected chi connectivity index (χ1v) is 5.10. The van der Waals surface area contributed by atoms with Crippen LogP contribution in [-0.2, 0) is 11.8 Å². The predicted molar refractivity (Wildman–Crippen MR) is 53.0 cm³/mol. The molecular formula is C10H9BrFN. The van der Waals surface area contributed by atoms with E-state index >= 15 is 0 Å². The van der Waals surface area contributed by atoms with E-state index in [0.29, 0.717) is 23.7 Å². The molecule has 0 fully saturated rings. The van der Waals surface area contributed by atoms with Gasteiger partial charge in [0, 0.05) is 11.8 Å². The van der Waals surface area contributed by atoms with Crippen molar-refractivity contribution < 1.29 is 4.39 Å². The Labute approximate surface area is 85.3 Å². The summed E-state index contributed by atoms with van der Waals surface area (Å²) in [5.41, 5.74) is 1.53. The summed E-state index contributed by atoms with van der Waals surface area (Å²) in [7, 11) is 0. The van der Waals surface area contributed by atoms with E-state index in [1.807, 2.05) is 12.1 Å². The SMILES string of the molecule is N#CCCc1ccc(CBr)cc1F. The number of nitriles is 1. The summed E-state index contributed by atoms with van der Waals surface area (Å²) in [5.74, 6) is -0.216. The van der Waals surface area contributed by atoms with Gasteiger partial charge >= 0.3 is 0 Å². The summed E-state index contributed by atoms with van der Waals surface area (Å²) in [6, 6.07) is 7.10. The molecule has 0 spiro atoms. The fourth-order valence-corrected chi connectivity index (χ4v) is 1.42. The minimum absolute atomic E-state index is 0.216. The predicted octanol–water partition coefficient (Wildman–Crippen LogP) is 3.18. The Bertz CT molecular complexity index is 330. The molecule has 0 saturated heterocycles. The second-order valence-electron chi connectivity index (χ2n) is 2.72. The maximum Gasteiger partial charge on any atom is 0.126 e. The van der Waals surface area contributed by atoms with Gasteiger partial charge in [-0.05, 0) is 23.6 Å². The molecule has 0 amide bonds. The van der Waals surface area contributed by atoms with Gasteiger partial charge < -0.3 is 0 Å². The van der Waals surface area contributed by atoms with Crippen LogP contribution in [0.25, 0.3) is 0 Å². The maximum atomic E-state index is 13.2. The van der Waals surface area contributed by atoms with Gasteiger partial charge in [-0.25, -0.2) is 4.39 Å². The van der Waals surface area contributed by atoms with Crippen molar-refractivity contribution in [3.8, 4) is 6.07 Å². The zero-order chi connectivity index (χ0) is 9.68. The molecule has 68 valence electrons. The van der Waals surface area contributed by atoms with Gasteiger partial charge in [-0.15, -0.1) is 0 Å². The van der Waals surface area contributed by atoms with E-state index in [1.165, 1.54) is 6.07 Å². The Morgan fingerprint density at radius 1 is 1.46 bits per heavy atom. The summed E-state index contributed by atoms with van der Waals surface area (Å²) in [6.45, 7) is 0. The van der Waals surface area contributed by atoms with Crippen LogP contribution in [0.4, 0.5) is 4.39 Å². The first-order valence-electron chi connectivity index (χ1n) is 3.98. The molecular weight excluding hydrogens is 233 g/mol. The molecule has 0 radical (unpaired) electrons. The van der Waals surface area contributed by atoms with Crippen LogP contribution in [-0.4, -0.2) is 0 Å². The van der Waals surface area contributed by atoms with Gasteiger partial charge in [0.1, 0.15) is 5.82 Å². The number of benzene rings is 1. The van der Waals surface area contributed by atoms with Crippen LogP contribution >= 0.6 is 15.9 Å². The lowest BCUT2D eigenvalue weighted by molar-refractivity contribution is 0.608. The summed E-state index contributed by atoms with van der Waals surface area (Å²) in [4.78, 5) is 0. The highest BCUT2D eigenvalue weighted by atomic mass is 79.9. The van der Waals surface area contributed by atoms with Crippen molar-refractivity contribution in [2.45, 2.75) is 18.2 Å². The van der Waals surface area contributed by atoms with E-state index in [2.05, 4.69) is 15.9 Å². The van der Waals surface area contributed by atoms with Crippen molar-refractivity contribution >= 4 is 15.9 Å². The van der Waals surface area contributed by atoms with Gasteiger partial charge in [0.25, 0.3) is 0 Å². The molecule has 0 atom stereocenters. The number of nitrogens with zero attached hydrogens (tertiary/aromatic N) is 1. The Morgan fingerprint density at radius 2 is 2.23 bits per heavy atom. The molecule has 0 aliphatic carbocycles. The molecule has 1 aromatic rings. The lowest BCUT2D eigenvalue weighted by Crippen LogP contribution is -1.91. The normalized spacial score (nSPS) is 9.62. The molecule has 1 aromatic carbocycles. The zero-order valence-corrected chi connectivity index (χ0v) is 8.64. The number of hydrogen-bond donors (Lipinski definition) is 0. The van der Waals surface area contributed by atoms with E-state index in [9.17, 15) is 4.39 Å². The monoisotopic (exact) mass is 241 g/mol. The Hall–Kier alpha value is -0.880. The van der Waals surface area contributed by atoms with E-state index < -0.39 is 0 Å².